The summed E-state index contributed by atoms with van der Waals surface area (Å²) in [6, 6.07) is 0.768. The van der Waals surface area contributed by atoms with E-state index in [4.69, 9.17) is 0 Å². The largest absolute Gasteiger partial charge is 0.315 e. The highest BCUT2D eigenvalue weighted by Crippen LogP contribution is 2.62. The molecule has 6 fully saturated rings. The van der Waals surface area contributed by atoms with Crippen molar-refractivity contribution in [2.45, 2.75) is 72.8 Å². The van der Waals surface area contributed by atoms with E-state index in [0.717, 1.165) is 54.6 Å². The van der Waals surface area contributed by atoms with E-state index in [1.165, 1.54) is 38.6 Å². The van der Waals surface area contributed by atoms with Gasteiger partial charge in [-0.2, -0.15) is 0 Å². The molecule has 7 atom stereocenters. The van der Waals surface area contributed by atoms with Crippen LogP contribution >= 0.6 is 0 Å². The lowest BCUT2D eigenvalue weighted by molar-refractivity contribution is -0.115. The van der Waals surface area contributed by atoms with E-state index in [9.17, 15) is 0 Å². The van der Waals surface area contributed by atoms with Crippen molar-refractivity contribution in [1.29, 1.82) is 0 Å². The van der Waals surface area contributed by atoms with Crippen LogP contribution in [0, 0.1) is 46.3 Å². The van der Waals surface area contributed by atoms with E-state index in [1.54, 1.807) is 0 Å². The zero-order chi connectivity index (χ0) is 17.1. The molecule has 0 aliphatic heterocycles. The van der Waals surface area contributed by atoms with Gasteiger partial charge in [-0.15, -0.1) is 0 Å². The monoisotopic (exact) mass is 332 g/mol. The van der Waals surface area contributed by atoms with Crippen LogP contribution in [0.25, 0.3) is 0 Å². The van der Waals surface area contributed by atoms with E-state index in [2.05, 4.69) is 45.3 Å². The van der Waals surface area contributed by atoms with E-state index >= 15 is 0 Å². The molecule has 24 heavy (non-hydrogen) atoms. The molecule has 6 aliphatic carbocycles. The van der Waals surface area contributed by atoms with Gasteiger partial charge >= 0.3 is 0 Å². The van der Waals surface area contributed by atoms with Gasteiger partial charge in [0.15, 0.2) is 0 Å². The second-order valence-electron chi connectivity index (χ2n) is 10.9. The molecule has 0 amide bonds. The SMILES string of the molecule is C[C@@H]1[C@H]2C[C@@H](C[C@H]1NCCNCC1CC[C@H]3CC1C3(C)C)C2(C)C. The lowest BCUT2D eigenvalue weighted by Gasteiger charge is -2.62. The molecule has 0 heterocycles. The molecular formula is C22H40N2. The molecule has 0 aromatic heterocycles. The smallest absolute Gasteiger partial charge is 0.00989 e. The quantitative estimate of drug-likeness (QED) is 0.708. The zero-order valence-electron chi connectivity index (χ0n) is 16.7. The first kappa shape index (κ1) is 17.3. The van der Waals surface area contributed by atoms with Crippen molar-refractivity contribution in [3.63, 3.8) is 0 Å². The Morgan fingerprint density at radius 2 is 1.54 bits per heavy atom. The second-order valence-corrected chi connectivity index (χ2v) is 10.9. The molecule has 6 aliphatic rings. The van der Waals surface area contributed by atoms with E-state index in [-0.39, 0.29) is 0 Å². The third-order valence-corrected chi connectivity index (χ3v) is 9.47. The summed E-state index contributed by atoms with van der Waals surface area (Å²) in [5.41, 5.74) is 1.25. The first-order valence-corrected chi connectivity index (χ1v) is 10.8. The van der Waals surface area contributed by atoms with Crippen LogP contribution in [-0.2, 0) is 0 Å². The highest BCUT2D eigenvalue weighted by Gasteiger charge is 2.56. The average Bonchev–Trinajstić information content (AvgIpc) is 2.55. The van der Waals surface area contributed by atoms with Crippen LogP contribution in [0.2, 0.25) is 0 Å². The van der Waals surface area contributed by atoms with Crippen LogP contribution < -0.4 is 10.6 Å². The van der Waals surface area contributed by atoms with Crippen molar-refractivity contribution in [2.24, 2.45) is 46.3 Å². The summed E-state index contributed by atoms with van der Waals surface area (Å²) in [7, 11) is 0. The number of rotatable bonds is 6. The third kappa shape index (κ3) is 2.58. The molecule has 2 N–H and O–H groups in total. The standard InChI is InChI=1S/C22H40N2/c1-14-18-11-17(22(18,4)5)12-20(14)24-9-8-23-13-15-6-7-16-10-19(15)21(16,2)3/h14-20,23-24H,6-13H2,1-5H3/t14-,15?,16+,17+,18-,19?,20-/m1/s1. The Hall–Kier alpha value is -0.0800. The minimum Gasteiger partial charge on any atom is -0.315 e. The van der Waals surface area contributed by atoms with Crippen LogP contribution in [-0.4, -0.2) is 25.7 Å². The molecule has 2 heteroatoms. The first-order chi connectivity index (χ1) is 11.3. The van der Waals surface area contributed by atoms with Crippen molar-refractivity contribution in [2.75, 3.05) is 19.6 Å². The molecule has 0 radical (unpaired) electrons. The summed E-state index contributed by atoms with van der Waals surface area (Å²) in [4.78, 5) is 0. The Bertz CT molecular complexity index is 467. The Morgan fingerprint density at radius 3 is 2.17 bits per heavy atom. The van der Waals surface area contributed by atoms with Gasteiger partial charge in [-0.25, -0.2) is 0 Å². The van der Waals surface area contributed by atoms with Gasteiger partial charge in [-0.05, 0) is 85.0 Å². The van der Waals surface area contributed by atoms with Crippen molar-refractivity contribution in [3.8, 4) is 0 Å². The first-order valence-electron chi connectivity index (χ1n) is 10.8. The predicted octanol–water partition coefficient (Wildman–Crippen LogP) is 4.31. The maximum atomic E-state index is 3.88. The number of hydrogen-bond donors (Lipinski definition) is 2. The molecule has 6 saturated carbocycles. The molecule has 0 aromatic rings. The highest BCUT2D eigenvalue weighted by molar-refractivity contribution is 5.07. The van der Waals surface area contributed by atoms with Gasteiger partial charge in [0.1, 0.15) is 0 Å². The molecule has 6 rings (SSSR count). The van der Waals surface area contributed by atoms with E-state index in [1.807, 2.05) is 0 Å². The molecule has 0 saturated heterocycles. The summed E-state index contributed by atoms with van der Waals surface area (Å²) < 4.78 is 0. The van der Waals surface area contributed by atoms with Crippen LogP contribution in [0.1, 0.15) is 66.7 Å². The minimum absolute atomic E-state index is 0.615. The fourth-order valence-corrected chi connectivity index (χ4v) is 7.26. The van der Waals surface area contributed by atoms with Gasteiger partial charge in [0, 0.05) is 19.1 Å². The number of nitrogens with one attached hydrogen (secondary N) is 2. The molecular weight excluding hydrogens is 292 g/mol. The lowest BCUT2D eigenvalue weighted by atomic mass is 9.45. The van der Waals surface area contributed by atoms with Crippen molar-refractivity contribution in [1.82, 2.24) is 10.6 Å². The van der Waals surface area contributed by atoms with Gasteiger partial charge in [-0.1, -0.05) is 34.6 Å². The summed E-state index contributed by atoms with van der Waals surface area (Å²) in [6.45, 7) is 16.1. The summed E-state index contributed by atoms with van der Waals surface area (Å²) in [5.74, 6) is 5.74. The molecule has 138 valence electrons. The average molecular weight is 333 g/mol. The molecule has 4 bridgehead atoms. The normalized spacial score (nSPS) is 47.6. The zero-order valence-corrected chi connectivity index (χ0v) is 16.7. The summed E-state index contributed by atoms with van der Waals surface area (Å²) >= 11 is 0. The predicted molar refractivity (Wildman–Crippen MR) is 102 cm³/mol. The lowest BCUT2D eigenvalue weighted by Crippen LogP contribution is -2.60. The maximum absolute atomic E-state index is 3.88. The molecule has 2 nitrogen and oxygen atoms in total. The fourth-order valence-electron chi connectivity index (χ4n) is 7.26. The Morgan fingerprint density at radius 1 is 0.833 bits per heavy atom. The van der Waals surface area contributed by atoms with Crippen LogP contribution in [0.5, 0.6) is 0 Å². The highest BCUT2D eigenvalue weighted by atomic mass is 15.0. The van der Waals surface area contributed by atoms with E-state index in [0.29, 0.717) is 10.8 Å². The van der Waals surface area contributed by atoms with Crippen molar-refractivity contribution < 1.29 is 0 Å². The van der Waals surface area contributed by atoms with Gasteiger partial charge in [0.25, 0.3) is 0 Å². The fraction of sp³-hybridized carbons (Fsp3) is 1.00. The molecule has 0 spiro atoms. The minimum atomic E-state index is 0.615. The Kier molecular flexibility index (Phi) is 4.32. The van der Waals surface area contributed by atoms with E-state index < -0.39 is 0 Å². The van der Waals surface area contributed by atoms with Gasteiger partial charge < -0.3 is 10.6 Å². The number of fused-ring (bicyclic) bond motifs is 4. The van der Waals surface area contributed by atoms with Crippen LogP contribution in [0.3, 0.4) is 0 Å². The van der Waals surface area contributed by atoms with Gasteiger partial charge in [0.2, 0.25) is 0 Å². The second kappa shape index (κ2) is 5.98. The van der Waals surface area contributed by atoms with Gasteiger partial charge in [-0.3, -0.25) is 0 Å². The van der Waals surface area contributed by atoms with Crippen molar-refractivity contribution in [3.05, 3.63) is 0 Å². The maximum Gasteiger partial charge on any atom is 0.00989 e. The van der Waals surface area contributed by atoms with Gasteiger partial charge in [0.05, 0.1) is 0 Å². The Labute approximate surface area is 149 Å². The molecule has 2 unspecified atom stereocenters. The summed E-state index contributed by atoms with van der Waals surface area (Å²) in [6.07, 6.45) is 7.36. The number of hydrogen-bond acceptors (Lipinski definition) is 2. The summed E-state index contributed by atoms with van der Waals surface area (Å²) in [5, 5.41) is 7.66. The topological polar surface area (TPSA) is 24.1 Å². The molecule has 0 aromatic carbocycles. The third-order valence-electron chi connectivity index (χ3n) is 9.47. The van der Waals surface area contributed by atoms with Crippen molar-refractivity contribution >= 4 is 0 Å². The van der Waals surface area contributed by atoms with Crippen LogP contribution in [0.15, 0.2) is 0 Å². The Balaban J connectivity index is 1.15. The van der Waals surface area contributed by atoms with Crippen LogP contribution in [0.4, 0.5) is 0 Å².